The van der Waals surface area contributed by atoms with E-state index < -0.39 is 21.5 Å². The van der Waals surface area contributed by atoms with Crippen LogP contribution in [-0.4, -0.2) is 19.5 Å². The summed E-state index contributed by atoms with van der Waals surface area (Å²) in [6, 6.07) is 8.26. The van der Waals surface area contributed by atoms with Gasteiger partial charge in [0.1, 0.15) is 0 Å². The molecule has 2 aromatic rings. The highest BCUT2D eigenvalue weighted by atomic mass is 32.2. The van der Waals surface area contributed by atoms with Crippen molar-refractivity contribution in [3.63, 3.8) is 0 Å². The van der Waals surface area contributed by atoms with Crippen molar-refractivity contribution in [1.82, 2.24) is 4.72 Å². The minimum absolute atomic E-state index is 0.154. The summed E-state index contributed by atoms with van der Waals surface area (Å²) in [5.41, 5.74) is -0.756. The Morgan fingerprint density at radius 2 is 1.82 bits per heavy atom. The summed E-state index contributed by atoms with van der Waals surface area (Å²) in [5, 5.41) is 11.3. The molecule has 0 spiro atoms. The van der Waals surface area contributed by atoms with Crippen LogP contribution in [0.3, 0.4) is 0 Å². The maximum atomic E-state index is 12.7. The van der Waals surface area contributed by atoms with E-state index in [1.807, 2.05) is 0 Å². The van der Waals surface area contributed by atoms with E-state index in [1.54, 1.807) is 49.6 Å². The predicted molar refractivity (Wildman–Crippen MR) is 85.5 cm³/mol. The maximum Gasteiger partial charge on any atom is 0.329 e. The number of carboxylic acid groups (broad SMARTS) is 1. The zero-order valence-electron chi connectivity index (χ0n) is 12.5. The van der Waals surface area contributed by atoms with Gasteiger partial charge in [0.2, 0.25) is 10.0 Å². The SMILES string of the molecule is Cc1csc(C)c1S(=O)(=O)NC(C)(C(=O)O)c1ccccc1. The van der Waals surface area contributed by atoms with E-state index >= 15 is 0 Å². The van der Waals surface area contributed by atoms with Crippen LogP contribution in [0.1, 0.15) is 22.9 Å². The third kappa shape index (κ3) is 2.92. The zero-order valence-corrected chi connectivity index (χ0v) is 14.1. The lowest BCUT2D eigenvalue weighted by Crippen LogP contribution is -2.49. The third-order valence-corrected chi connectivity index (χ3v) is 6.48. The molecule has 1 heterocycles. The molecule has 1 atom stereocenters. The van der Waals surface area contributed by atoms with E-state index in [-0.39, 0.29) is 4.90 Å². The number of carboxylic acids is 1. The number of carbonyl (C=O) groups is 1. The zero-order chi connectivity index (χ0) is 16.5. The Kier molecular flexibility index (Phi) is 4.42. The second kappa shape index (κ2) is 5.83. The van der Waals surface area contributed by atoms with Crippen LogP contribution >= 0.6 is 11.3 Å². The van der Waals surface area contributed by atoms with Gasteiger partial charge in [-0.3, -0.25) is 0 Å². The smallest absolute Gasteiger partial charge is 0.329 e. The minimum atomic E-state index is -3.95. The van der Waals surface area contributed by atoms with E-state index in [9.17, 15) is 18.3 Å². The maximum absolute atomic E-state index is 12.7. The van der Waals surface area contributed by atoms with Crippen molar-refractivity contribution in [2.45, 2.75) is 31.2 Å². The predicted octanol–water partition coefficient (Wildman–Crippen LogP) is 2.64. The highest BCUT2D eigenvalue weighted by Gasteiger charge is 2.40. The lowest BCUT2D eigenvalue weighted by Gasteiger charge is -2.26. The molecular weight excluding hydrogens is 322 g/mol. The van der Waals surface area contributed by atoms with Gasteiger partial charge in [0.25, 0.3) is 0 Å². The molecular formula is C15H17NO4S2. The monoisotopic (exact) mass is 339 g/mol. The number of nitrogens with one attached hydrogen (secondary N) is 1. The van der Waals surface area contributed by atoms with Gasteiger partial charge in [0.05, 0.1) is 4.90 Å². The van der Waals surface area contributed by atoms with Crippen molar-refractivity contribution in [3.8, 4) is 0 Å². The van der Waals surface area contributed by atoms with E-state index in [0.717, 1.165) is 0 Å². The standard InChI is InChI=1S/C15H17NO4S2/c1-10-9-21-11(2)13(10)22(19,20)16-15(3,14(17)18)12-7-5-4-6-8-12/h4-9,16H,1-3H3,(H,17,18). The van der Waals surface area contributed by atoms with Crippen LogP contribution in [0, 0.1) is 13.8 Å². The summed E-state index contributed by atoms with van der Waals surface area (Å²) < 4.78 is 27.7. The first kappa shape index (κ1) is 16.7. The highest BCUT2D eigenvalue weighted by Crippen LogP contribution is 2.29. The number of sulfonamides is 1. The Bertz CT molecular complexity index is 777. The molecule has 118 valence electrons. The molecule has 0 radical (unpaired) electrons. The Morgan fingerprint density at radius 1 is 1.23 bits per heavy atom. The number of rotatable bonds is 5. The van der Waals surface area contributed by atoms with E-state index in [2.05, 4.69) is 4.72 Å². The van der Waals surface area contributed by atoms with Gasteiger partial charge in [-0.15, -0.1) is 11.3 Å². The molecule has 0 saturated heterocycles. The van der Waals surface area contributed by atoms with Crippen molar-refractivity contribution < 1.29 is 18.3 Å². The minimum Gasteiger partial charge on any atom is -0.480 e. The first-order chi connectivity index (χ1) is 10.2. The van der Waals surface area contributed by atoms with Crippen LogP contribution < -0.4 is 4.72 Å². The molecule has 1 aromatic heterocycles. The van der Waals surface area contributed by atoms with Crippen LogP contribution in [0.15, 0.2) is 40.6 Å². The third-order valence-electron chi connectivity index (χ3n) is 3.48. The molecule has 0 aliphatic heterocycles. The number of thiophene rings is 1. The van der Waals surface area contributed by atoms with Crippen LogP contribution in [0.5, 0.6) is 0 Å². The largest absolute Gasteiger partial charge is 0.480 e. The van der Waals surface area contributed by atoms with Crippen molar-refractivity contribution in [2.24, 2.45) is 0 Å². The summed E-state index contributed by atoms with van der Waals surface area (Å²) >= 11 is 1.32. The lowest BCUT2D eigenvalue weighted by molar-refractivity contribution is -0.143. The molecule has 2 rings (SSSR count). The number of benzene rings is 1. The van der Waals surface area contributed by atoms with E-state index in [0.29, 0.717) is 16.0 Å². The molecule has 0 aliphatic carbocycles. The van der Waals surface area contributed by atoms with Crippen molar-refractivity contribution in [1.29, 1.82) is 0 Å². The van der Waals surface area contributed by atoms with Gasteiger partial charge in [-0.05, 0) is 37.3 Å². The fraction of sp³-hybridized carbons (Fsp3) is 0.267. The van der Waals surface area contributed by atoms with Gasteiger partial charge in [0, 0.05) is 4.88 Å². The van der Waals surface area contributed by atoms with Gasteiger partial charge in [-0.1, -0.05) is 30.3 Å². The Hall–Kier alpha value is -1.70. The van der Waals surface area contributed by atoms with Crippen molar-refractivity contribution in [2.75, 3.05) is 0 Å². The summed E-state index contributed by atoms with van der Waals surface area (Å²) in [5.74, 6) is -1.26. The molecule has 0 amide bonds. The summed E-state index contributed by atoms with van der Waals surface area (Å²) in [6.45, 7) is 4.74. The van der Waals surface area contributed by atoms with Crippen molar-refractivity contribution in [3.05, 3.63) is 51.7 Å². The fourth-order valence-electron chi connectivity index (χ4n) is 2.28. The Balaban J connectivity index is 2.52. The van der Waals surface area contributed by atoms with E-state index in [1.165, 1.54) is 18.3 Å². The number of hydrogen-bond acceptors (Lipinski definition) is 4. The summed E-state index contributed by atoms with van der Waals surface area (Å²) in [4.78, 5) is 12.5. The number of hydrogen-bond donors (Lipinski definition) is 2. The quantitative estimate of drug-likeness (QED) is 0.877. The second-order valence-electron chi connectivity index (χ2n) is 5.21. The first-order valence-corrected chi connectivity index (χ1v) is 8.92. The average molecular weight is 339 g/mol. The van der Waals surface area contributed by atoms with E-state index in [4.69, 9.17) is 0 Å². The van der Waals surface area contributed by atoms with Crippen LogP contribution in [0.2, 0.25) is 0 Å². The molecule has 0 bridgehead atoms. The number of aliphatic carboxylic acids is 1. The van der Waals surface area contributed by atoms with Crippen LogP contribution in [-0.2, 0) is 20.4 Å². The molecule has 0 fully saturated rings. The van der Waals surface area contributed by atoms with Gasteiger partial charge >= 0.3 is 5.97 Å². The lowest BCUT2D eigenvalue weighted by atomic mass is 9.94. The van der Waals surface area contributed by atoms with Gasteiger partial charge < -0.3 is 5.11 Å². The van der Waals surface area contributed by atoms with Gasteiger partial charge in [0.15, 0.2) is 5.54 Å². The molecule has 1 unspecified atom stereocenters. The first-order valence-electron chi connectivity index (χ1n) is 6.56. The fourth-order valence-corrected chi connectivity index (χ4v) is 5.27. The molecule has 2 N–H and O–H groups in total. The highest BCUT2D eigenvalue weighted by molar-refractivity contribution is 7.89. The Morgan fingerprint density at radius 3 is 2.27 bits per heavy atom. The van der Waals surface area contributed by atoms with Gasteiger partial charge in [-0.25, -0.2) is 13.2 Å². The number of aryl methyl sites for hydroxylation is 2. The molecule has 22 heavy (non-hydrogen) atoms. The van der Waals surface area contributed by atoms with Crippen molar-refractivity contribution >= 4 is 27.3 Å². The van der Waals surface area contributed by atoms with Gasteiger partial charge in [-0.2, -0.15) is 4.72 Å². The molecule has 0 saturated carbocycles. The molecule has 7 heteroatoms. The summed E-state index contributed by atoms with van der Waals surface area (Å²) in [6.07, 6.45) is 0. The summed E-state index contributed by atoms with van der Waals surface area (Å²) in [7, 11) is -3.95. The molecule has 5 nitrogen and oxygen atoms in total. The molecule has 1 aromatic carbocycles. The normalized spacial score (nSPS) is 14.5. The van der Waals surface area contributed by atoms with Crippen LogP contribution in [0.25, 0.3) is 0 Å². The molecule has 0 aliphatic rings. The van der Waals surface area contributed by atoms with Crippen LogP contribution in [0.4, 0.5) is 0 Å². The Labute approximate surface area is 133 Å². The topological polar surface area (TPSA) is 83.5 Å². The average Bonchev–Trinajstić information content (AvgIpc) is 2.79. The second-order valence-corrected chi connectivity index (χ2v) is 7.91.